The van der Waals surface area contributed by atoms with Crippen LogP contribution in [0.4, 0.5) is 0 Å². The molecule has 2 aromatic rings. The Hall–Kier alpha value is -0.860. The maximum absolute atomic E-state index is 6.66. The van der Waals surface area contributed by atoms with Crippen LogP contribution in [-0.4, -0.2) is 0 Å². The highest BCUT2D eigenvalue weighted by Gasteiger charge is 2.32. The lowest BCUT2D eigenvalue weighted by atomic mass is 9.68. The van der Waals surface area contributed by atoms with E-state index in [1.165, 1.54) is 41.3 Å². The number of thiophene rings is 1. The summed E-state index contributed by atoms with van der Waals surface area (Å²) < 4.78 is 1.39. The fraction of sp³-hybridized carbons (Fsp3) is 0.579. The molecule has 1 saturated carbocycles. The fourth-order valence-corrected chi connectivity index (χ4v) is 4.84. The largest absolute Gasteiger partial charge is 0.324 e. The van der Waals surface area contributed by atoms with E-state index in [4.69, 9.17) is 5.73 Å². The van der Waals surface area contributed by atoms with Gasteiger partial charge in [-0.15, -0.1) is 11.3 Å². The molecule has 0 aliphatic heterocycles. The molecule has 0 radical (unpaired) electrons. The molecule has 1 unspecified atom stereocenters. The van der Waals surface area contributed by atoms with Crippen molar-refractivity contribution in [2.24, 2.45) is 23.0 Å². The molecule has 0 bridgehead atoms. The number of benzene rings is 1. The summed E-state index contributed by atoms with van der Waals surface area (Å²) in [6.07, 6.45) is 5.24. The number of nitrogens with two attached hydrogens (primary N) is 1. The van der Waals surface area contributed by atoms with Crippen LogP contribution in [0, 0.1) is 17.3 Å². The molecule has 1 aliphatic carbocycles. The quantitative estimate of drug-likeness (QED) is 0.750. The lowest BCUT2D eigenvalue weighted by molar-refractivity contribution is 0.140. The molecule has 0 saturated heterocycles. The average molecular weight is 301 g/mol. The zero-order chi connectivity index (χ0) is 15.0. The second kappa shape index (κ2) is 5.73. The van der Waals surface area contributed by atoms with Gasteiger partial charge < -0.3 is 5.73 Å². The molecule has 1 nitrogen and oxygen atoms in total. The van der Waals surface area contributed by atoms with Crippen molar-refractivity contribution in [1.82, 2.24) is 0 Å². The zero-order valence-electron chi connectivity index (χ0n) is 13.4. The summed E-state index contributed by atoms with van der Waals surface area (Å²) in [5.41, 5.74) is 8.47. The SMILES string of the molecule is CC(C)(C)C1CCC(C(N)c2cccc3ccsc23)CC1. The standard InChI is InChI=1S/C19H27NS/c1-19(2,3)15-9-7-13(8-10-15)17(20)16-6-4-5-14-11-12-21-18(14)16/h4-6,11-13,15,17H,7-10,20H2,1-3H3. The van der Waals surface area contributed by atoms with Crippen molar-refractivity contribution in [3.63, 3.8) is 0 Å². The third-order valence-electron chi connectivity index (χ3n) is 5.37. The van der Waals surface area contributed by atoms with Crippen LogP contribution in [0.3, 0.4) is 0 Å². The molecule has 1 heterocycles. The monoisotopic (exact) mass is 301 g/mol. The topological polar surface area (TPSA) is 26.0 Å². The summed E-state index contributed by atoms with van der Waals surface area (Å²) in [4.78, 5) is 0. The first-order chi connectivity index (χ1) is 9.97. The molecule has 0 spiro atoms. The van der Waals surface area contributed by atoms with E-state index >= 15 is 0 Å². The molecule has 2 heteroatoms. The molecular weight excluding hydrogens is 274 g/mol. The molecule has 114 valence electrons. The van der Waals surface area contributed by atoms with E-state index < -0.39 is 0 Å². The minimum atomic E-state index is 0.202. The molecular formula is C19H27NS. The van der Waals surface area contributed by atoms with Crippen LogP contribution in [-0.2, 0) is 0 Å². The lowest BCUT2D eigenvalue weighted by Crippen LogP contribution is -2.30. The number of hydrogen-bond donors (Lipinski definition) is 1. The number of fused-ring (bicyclic) bond motifs is 1. The summed E-state index contributed by atoms with van der Waals surface area (Å²) in [5.74, 6) is 1.51. The van der Waals surface area contributed by atoms with E-state index in [2.05, 4.69) is 50.4 Å². The Labute approximate surface area is 132 Å². The maximum atomic E-state index is 6.66. The average Bonchev–Trinajstić information content (AvgIpc) is 2.94. The smallest absolute Gasteiger partial charge is 0.0390 e. The zero-order valence-corrected chi connectivity index (χ0v) is 14.2. The normalized spacial score (nSPS) is 25.1. The second-order valence-electron chi connectivity index (χ2n) is 7.69. The first kappa shape index (κ1) is 15.1. The van der Waals surface area contributed by atoms with Gasteiger partial charge in [0, 0.05) is 10.7 Å². The Morgan fingerprint density at radius 1 is 1.10 bits per heavy atom. The summed E-state index contributed by atoms with van der Waals surface area (Å²) in [5, 5.41) is 3.52. The fourth-order valence-electron chi connectivity index (χ4n) is 3.88. The molecule has 1 aromatic carbocycles. The maximum Gasteiger partial charge on any atom is 0.0390 e. The van der Waals surface area contributed by atoms with E-state index in [1.807, 2.05) is 11.3 Å². The number of rotatable bonds is 2. The van der Waals surface area contributed by atoms with Gasteiger partial charge in [-0.3, -0.25) is 0 Å². The second-order valence-corrected chi connectivity index (χ2v) is 8.61. The van der Waals surface area contributed by atoms with Gasteiger partial charge in [-0.1, -0.05) is 39.0 Å². The highest BCUT2D eigenvalue weighted by atomic mass is 32.1. The van der Waals surface area contributed by atoms with E-state index in [0.717, 1.165) is 5.92 Å². The minimum Gasteiger partial charge on any atom is -0.324 e. The first-order valence-corrected chi connectivity index (χ1v) is 9.06. The van der Waals surface area contributed by atoms with Crippen molar-refractivity contribution >= 4 is 21.4 Å². The minimum absolute atomic E-state index is 0.202. The van der Waals surface area contributed by atoms with Crippen molar-refractivity contribution in [3.05, 3.63) is 35.2 Å². The molecule has 21 heavy (non-hydrogen) atoms. The summed E-state index contributed by atoms with van der Waals surface area (Å²) in [6.45, 7) is 7.14. The Morgan fingerprint density at radius 3 is 2.48 bits per heavy atom. The predicted molar refractivity (Wildman–Crippen MR) is 93.7 cm³/mol. The van der Waals surface area contributed by atoms with E-state index in [9.17, 15) is 0 Å². The highest BCUT2D eigenvalue weighted by Crippen LogP contribution is 2.43. The van der Waals surface area contributed by atoms with E-state index in [1.54, 1.807) is 0 Å². The van der Waals surface area contributed by atoms with Gasteiger partial charge in [0.05, 0.1) is 0 Å². The molecule has 1 fully saturated rings. The van der Waals surface area contributed by atoms with Crippen LogP contribution in [0.15, 0.2) is 29.6 Å². The number of hydrogen-bond acceptors (Lipinski definition) is 2. The van der Waals surface area contributed by atoms with Crippen LogP contribution in [0.5, 0.6) is 0 Å². The first-order valence-electron chi connectivity index (χ1n) is 8.18. The molecule has 1 atom stereocenters. The van der Waals surface area contributed by atoms with Crippen LogP contribution in [0.25, 0.3) is 10.1 Å². The molecule has 2 N–H and O–H groups in total. The van der Waals surface area contributed by atoms with Crippen LogP contribution in [0.2, 0.25) is 0 Å². The van der Waals surface area contributed by atoms with Crippen molar-refractivity contribution in [1.29, 1.82) is 0 Å². The van der Waals surface area contributed by atoms with Crippen LogP contribution < -0.4 is 5.73 Å². The third kappa shape index (κ3) is 3.02. The molecule has 0 amide bonds. The van der Waals surface area contributed by atoms with Gasteiger partial charge >= 0.3 is 0 Å². The van der Waals surface area contributed by atoms with Crippen molar-refractivity contribution in [2.45, 2.75) is 52.5 Å². The van der Waals surface area contributed by atoms with E-state index in [0.29, 0.717) is 11.3 Å². The molecule has 3 rings (SSSR count). The summed E-state index contributed by atoms with van der Waals surface area (Å²) in [6, 6.07) is 8.99. The Morgan fingerprint density at radius 2 is 1.81 bits per heavy atom. The van der Waals surface area contributed by atoms with Crippen LogP contribution >= 0.6 is 11.3 Å². The van der Waals surface area contributed by atoms with Gasteiger partial charge in [-0.25, -0.2) is 0 Å². The summed E-state index contributed by atoms with van der Waals surface area (Å²) >= 11 is 1.83. The lowest BCUT2D eigenvalue weighted by Gasteiger charge is -2.38. The molecule has 1 aliphatic rings. The van der Waals surface area contributed by atoms with Crippen LogP contribution in [0.1, 0.15) is 58.1 Å². The molecule has 1 aromatic heterocycles. The van der Waals surface area contributed by atoms with Gasteiger partial charge in [-0.2, -0.15) is 0 Å². The van der Waals surface area contributed by atoms with E-state index in [-0.39, 0.29) is 6.04 Å². The highest BCUT2D eigenvalue weighted by molar-refractivity contribution is 7.17. The van der Waals surface area contributed by atoms with Gasteiger partial charge in [0.1, 0.15) is 0 Å². The van der Waals surface area contributed by atoms with Gasteiger partial charge in [0.15, 0.2) is 0 Å². The Balaban J connectivity index is 1.75. The van der Waals surface area contributed by atoms with Crippen molar-refractivity contribution in [2.75, 3.05) is 0 Å². The Bertz CT molecular complexity index is 599. The van der Waals surface area contributed by atoms with Gasteiger partial charge in [0.2, 0.25) is 0 Å². The van der Waals surface area contributed by atoms with Crippen molar-refractivity contribution < 1.29 is 0 Å². The predicted octanol–water partition coefficient (Wildman–Crippen LogP) is 5.75. The third-order valence-corrected chi connectivity index (χ3v) is 6.35. The summed E-state index contributed by atoms with van der Waals surface area (Å²) in [7, 11) is 0. The van der Waals surface area contributed by atoms with Gasteiger partial charge in [-0.05, 0) is 65.3 Å². The van der Waals surface area contributed by atoms with Crippen molar-refractivity contribution in [3.8, 4) is 0 Å². The Kier molecular flexibility index (Phi) is 4.11. The van der Waals surface area contributed by atoms with Gasteiger partial charge in [0.25, 0.3) is 0 Å².